The molecule has 0 aliphatic rings. The van der Waals surface area contributed by atoms with E-state index in [0.29, 0.717) is 17.7 Å². The Morgan fingerprint density at radius 3 is 2.52 bits per heavy atom. The van der Waals surface area contributed by atoms with Gasteiger partial charge in [-0.15, -0.1) is 11.3 Å². The summed E-state index contributed by atoms with van der Waals surface area (Å²) >= 11 is 1.55. The molecule has 5 heteroatoms. The Hall–Kier alpha value is -2.19. The smallest absolute Gasteiger partial charge is 0.251 e. The van der Waals surface area contributed by atoms with E-state index >= 15 is 0 Å². The molecule has 0 aliphatic carbocycles. The zero-order valence-electron chi connectivity index (χ0n) is 12.3. The second kappa shape index (κ2) is 6.06. The number of rotatable bonds is 3. The third-order valence-electron chi connectivity index (χ3n) is 3.00. The van der Waals surface area contributed by atoms with Crippen LogP contribution in [-0.4, -0.2) is 10.9 Å². The van der Waals surface area contributed by atoms with Crippen LogP contribution in [0, 0.1) is 11.3 Å². The van der Waals surface area contributed by atoms with Crippen LogP contribution in [0.2, 0.25) is 0 Å². The fourth-order valence-corrected chi connectivity index (χ4v) is 2.65. The van der Waals surface area contributed by atoms with Crippen LogP contribution in [0.25, 0.3) is 0 Å². The predicted octanol–water partition coefficient (Wildman–Crippen LogP) is 3.24. The Morgan fingerprint density at radius 1 is 1.33 bits per heavy atom. The molecule has 1 aromatic heterocycles. The number of carbonyl (C=O) groups excluding carboxylic acids is 1. The minimum atomic E-state index is -0.160. The summed E-state index contributed by atoms with van der Waals surface area (Å²) in [6.45, 7) is 6.75. The Labute approximate surface area is 128 Å². The van der Waals surface area contributed by atoms with Crippen LogP contribution in [0.15, 0.2) is 29.6 Å². The number of hydrogen-bond donors (Lipinski definition) is 1. The van der Waals surface area contributed by atoms with Crippen molar-refractivity contribution in [2.45, 2.75) is 32.7 Å². The van der Waals surface area contributed by atoms with Gasteiger partial charge in [0, 0.05) is 16.4 Å². The van der Waals surface area contributed by atoms with Gasteiger partial charge in [0.25, 0.3) is 5.91 Å². The lowest BCUT2D eigenvalue weighted by molar-refractivity contribution is 0.0951. The lowest BCUT2D eigenvalue weighted by Crippen LogP contribution is -2.22. The summed E-state index contributed by atoms with van der Waals surface area (Å²) in [7, 11) is 0. The van der Waals surface area contributed by atoms with Gasteiger partial charge in [0.1, 0.15) is 5.01 Å². The van der Waals surface area contributed by atoms with E-state index in [0.717, 1.165) is 10.7 Å². The van der Waals surface area contributed by atoms with Crippen molar-refractivity contribution in [3.63, 3.8) is 0 Å². The molecule has 0 unspecified atom stereocenters. The van der Waals surface area contributed by atoms with E-state index in [4.69, 9.17) is 5.26 Å². The molecule has 1 heterocycles. The first-order valence-corrected chi connectivity index (χ1v) is 7.51. The average molecular weight is 299 g/mol. The van der Waals surface area contributed by atoms with Gasteiger partial charge in [-0.25, -0.2) is 4.98 Å². The van der Waals surface area contributed by atoms with Crippen LogP contribution in [0.3, 0.4) is 0 Å². The van der Waals surface area contributed by atoms with E-state index in [9.17, 15) is 4.79 Å². The topological polar surface area (TPSA) is 65.8 Å². The summed E-state index contributed by atoms with van der Waals surface area (Å²) in [6, 6.07) is 8.60. The van der Waals surface area contributed by atoms with E-state index in [1.807, 2.05) is 11.4 Å². The number of amides is 1. The maximum atomic E-state index is 12.0. The molecule has 0 radical (unpaired) electrons. The number of carbonyl (C=O) groups is 1. The zero-order valence-corrected chi connectivity index (χ0v) is 13.1. The van der Waals surface area contributed by atoms with Crippen LogP contribution in [0.5, 0.6) is 0 Å². The van der Waals surface area contributed by atoms with Crippen molar-refractivity contribution in [1.82, 2.24) is 10.3 Å². The molecule has 4 nitrogen and oxygen atoms in total. The summed E-state index contributed by atoms with van der Waals surface area (Å²) < 4.78 is 0. The van der Waals surface area contributed by atoms with Crippen molar-refractivity contribution in [1.29, 1.82) is 5.26 Å². The number of hydrogen-bond acceptors (Lipinski definition) is 4. The number of aromatic nitrogens is 1. The van der Waals surface area contributed by atoms with E-state index in [1.54, 1.807) is 35.6 Å². The lowest BCUT2D eigenvalue weighted by atomic mass is 9.93. The van der Waals surface area contributed by atoms with E-state index in [-0.39, 0.29) is 11.3 Å². The number of nitriles is 1. The van der Waals surface area contributed by atoms with Crippen LogP contribution in [-0.2, 0) is 12.0 Å². The number of thiazole rings is 1. The molecule has 108 valence electrons. The molecule has 0 saturated heterocycles. The normalized spacial score (nSPS) is 11.0. The molecule has 0 bridgehead atoms. The maximum absolute atomic E-state index is 12.0. The molecule has 0 aliphatic heterocycles. The fraction of sp³-hybridized carbons (Fsp3) is 0.312. The average Bonchev–Trinajstić information content (AvgIpc) is 2.94. The number of nitrogens with one attached hydrogen (secondary N) is 1. The SMILES string of the molecule is CC(C)(C)c1csc(CNC(=O)c2ccc(C#N)cc2)n1. The third-order valence-corrected chi connectivity index (χ3v) is 3.85. The third kappa shape index (κ3) is 3.89. The fourth-order valence-electron chi connectivity index (χ4n) is 1.69. The van der Waals surface area contributed by atoms with Gasteiger partial charge in [-0.05, 0) is 24.3 Å². The highest BCUT2D eigenvalue weighted by molar-refractivity contribution is 7.09. The summed E-state index contributed by atoms with van der Waals surface area (Å²) in [5.74, 6) is -0.160. The molecule has 1 aromatic carbocycles. The summed E-state index contributed by atoms with van der Waals surface area (Å²) in [5.41, 5.74) is 2.14. The van der Waals surface area contributed by atoms with Gasteiger partial charge in [-0.2, -0.15) is 5.26 Å². The number of nitrogens with zero attached hydrogens (tertiary/aromatic N) is 2. The van der Waals surface area contributed by atoms with Gasteiger partial charge >= 0.3 is 0 Å². The van der Waals surface area contributed by atoms with Crippen molar-refractivity contribution in [2.75, 3.05) is 0 Å². The van der Waals surface area contributed by atoms with Crippen molar-refractivity contribution in [3.8, 4) is 6.07 Å². The second-order valence-electron chi connectivity index (χ2n) is 5.75. The number of benzene rings is 1. The van der Waals surface area contributed by atoms with Gasteiger partial charge in [0.2, 0.25) is 0 Å². The van der Waals surface area contributed by atoms with Crippen molar-refractivity contribution in [3.05, 3.63) is 51.5 Å². The van der Waals surface area contributed by atoms with Crippen molar-refractivity contribution >= 4 is 17.2 Å². The minimum Gasteiger partial charge on any atom is -0.346 e. The van der Waals surface area contributed by atoms with Crippen LogP contribution < -0.4 is 5.32 Å². The quantitative estimate of drug-likeness (QED) is 0.946. The highest BCUT2D eigenvalue weighted by atomic mass is 32.1. The zero-order chi connectivity index (χ0) is 15.5. The monoisotopic (exact) mass is 299 g/mol. The van der Waals surface area contributed by atoms with E-state index in [2.05, 4.69) is 31.1 Å². The minimum absolute atomic E-state index is 0.0197. The first-order valence-electron chi connectivity index (χ1n) is 6.63. The van der Waals surface area contributed by atoms with Crippen LogP contribution in [0.4, 0.5) is 0 Å². The molecule has 21 heavy (non-hydrogen) atoms. The highest BCUT2D eigenvalue weighted by Gasteiger charge is 2.17. The Balaban J connectivity index is 1.97. The second-order valence-corrected chi connectivity index (χ2v) is 6.69. The van der Waals surface area contributed by atoms with Crippen molar-refractivity contribution < 1.29 is 4.79 Å². The predicted molar refractivity (Wildman–Crippen MR) is 83.1 cm³/mol. The molecule has 1 N–H and O–H groups in total. The van der Waals surface area contributed by atoms with Gasteiger partial charge in [-0.1, -0.05) is 20.8 Å². The van der Waals surface area contributed by atoms with Crippen LogP contribution in [0.1, 0.15) is 47.4 Å². The first-order chi connectivity index (χ1) is 9.90. The van der Waals surface area contributed by atoms with Crippen molar-refractivity contribution in [2.24, 2.45) is 0 Å². The molecule has 0 saturated carbocycles. The molecule has 1 amide bonds. The highest BCUT2D eigenvalue weighted by Crippen LogP contribution is 2.23. The Morgan fingerprint density at radius 2 is 2.00 bits per heavy atom. The molecule has 2 aromatic rings. The summed E-state index contributed by atoms with van der Waals surface area (Å²) in [6.07, 6.45) is 0. The van der Waals surface area contributed by atoms with E-state index in [1.165, 1.54) is 0 Å². The molecule has 0 spiro atoms. The molecular weight excluding hydrogens is 282 g/mol. The Bertz CT molecular complexity index is 675. The standard InChI is InChI=1S/C16H17N3OS/c1-16(2,3)13-10-21-14(19-13)9-18-15(20)12-6-4-11(8-17)5-7-12/h4-7,10H,9H2,1-3H3,(H,18,20). The molecule has 0 fully saturated rings. The van der Waals surface area contributed by atoms with Gasteiger partial charge < -0.3 is 5.32 Å². The maximum Gasteiger partial charge on any atom is 0.251 e. The Kier molecular flexibility index (Phi) is 4.39. The van der Waals surface area contributed by atoms with Gasteiger partial charge in [0.05, 0.1) is 23.9 Å². The lowest BCUT2D eigenvalue weighted by Gasteiger charge is -2.14. The van der Waals surface area contributed by atoms with Crippen LogP contribution >= 0.6 is 11.3 Å². The molecule has 2 rings (SSSR count). The van der Waals surface area contributed by atoms with Gasteiger partial charge in [0.15, 0.2) is 0 Å². The molecular formula is C16H17N3OS. The van der Waals surface area contributed by atoms with E-state index < -0.39 is 0 Å². The molecule has 0 atom stereocenters. The first kappa shape index (κ1) is 15.2. The van der Waals surface area contributed by atoms with Gasteiger partial charge in [-0.3, -0.25) is 4.79 Å². The largest absolute Gasteiger partial charge is 0.346 e. The summed E-state index contributed by atoms with van der Waals surface area (Å²) in [5, 5.41) is 14.5. The summed E-state index contributed by atoms with van der Waals surface area (Å²) in [4.78, 5) is 16.5.